The minimum Gasteiger partial charge on any atom is -0.426 e. The van der Waals surface area contributed by atoms with Crippen LogP contribution in [0.1, 0.15) is 30.3 Å². The van der Waals surface area contributed by atoms with Crippen molar-refractivity contribution in [1.29, 1.82) is 0 Å². The SMILES string of the molecule is CC1(CNC(=O)c2ccc(Oc3ccccc3)o2)CCNCC1.Cl. The lowest BCUT2D eigenvalue weighted by Crippen LogP contribution is -2.42. The third kappa shape index (κ3) is 4.76. The van der Waals surface area contributed by atoms with E-state index in [0.717, 1.165) is 25.9 Å². The molecule has 0 bridgehead atoms. The molecule has 1 fully saturated rings. The number of carbonyl (C=O) groups excluding carboxylic acids is 1. The second-order valence-corrected chi connectivity index (χ2v) is 6.28. The van der Waals surface area contributed by atoms with Crippen molar-refractivity contribution in [2.75, 3.05) is 19.6 Å². The molecule has 3 rings (SSSR count). The van der Waals surface area contributed by atoms with Crippen LogP contribution in [0.5, 0.6) is 11.7 Å². The third-order valence-corrected chi connectivity index (χ3v) is 4.25. The number of hydrogen-bond acceptors (Lipinski definition) is 4. The van der Waals surface area contributed by atoms with Gasteiger partial charge in [-0.1, -0.05) is 25.1 Å². The van der Waals surface area contributed by atoms with Crippen LogP contribution >= 0.6 is 12.4 Å². The number of carbonyl (C=O) groups is 1. The second-order valence-electron chi connectivity index (χ2n) is 6.28. The van der Waals surface area contributed by atoms with E-state index < -0.39 is 0 Å². The zero-order valence-electron chi connectivity index (χ0n) is 13.7. The van der Waals surface area contributed by atoms with E-state index in [1.54, 1.807) is 12.1 Å². The lowest BCUT2D eigenvalue weighted by molar-refractivity contribution is 0.0889. The van der Waals surface area contributed by atoms with Gasteiger partial charge in [0.1, 0.15) is 5.75 Å². The first kappa shape index (κ1) is 18.4. The second kappa shape index (κ2) is 8.22. The van der Waals surface area contributed by atoms with Gasteiger partial charge in [0.15, 0.2) is 5.76 Å². The molecule has 1 saturated heterocycles. The molecule has 2 N–H and O–H groups in total. The Hall–Kier alpha value is -1.98. The highest BCUT2D eigenvalue weighted by Gasteiger charge is 2.27. The van der Waals surface area contributed by atoms with Crippen molar-refractivity contribution in [3.05, 3.63) is 48.2 Å². The summed E-state index contributed by atoms with van der Waals surface area (Å²) < 4.78 is 11.0. The molecule has 2 heterocycles. The number of nitrogens with one attached hydrogen (secondary N) is 2. The fourth-order valence-corrected chi connectivity index (χ4v) is 2.69. The van der Waals surface area contributed by atoms with E-state index in [9.17, 15) is 4.79 Å². The topological polar surface area (TPSA) is 63.5 Å². The Morgan fingerprint density at radius 1 is 1.21 bits per heavy atom. The number of halogens is 1. The summed E-state index contributed by atoms with van der Waals surface area (Å²) >= 11 is 0. The van der Waals surface area contributed by atoms with Crippen molar-refractivity contribution in [2.45, 2.75) is 19.8 Å². The first-order valence-corrected chi connectivity index (χ1v) is 7.96. The van der Waals surface area contributed by atoms with Crippen LogP contribution < -0.4 is 15.4 Å². The molecule has 0 aliphatic carbocycles. The third-order valence-electron chi connectivity index (χ3n) is 4.25. The van der Waals surface area contributed by atoms with Gasteiger partial charge >= 0.3 is 0 Å². The fourth-order valence-electron chi connectivity index (χ4n) is 2.69. The van der Waals surface area contributed by atoms with E-state index in [2.05, 4.69) is 17.6 Å². The lowest BCUT2D eigenvalue weighted by Gasteiger charge is -2.33. The molecular weight excluding hydrogens is 328 g/mol. The molecule has 1 aliphatic heterocycles. The van der Waals surface area contributed by atoms with Crippen LogP contribution in [-0.2, 0) is 0 Å². The fraction of sp³-hybridized carbons (Fsp3) is 0.389. The Bertz CT molecular complexity index is 651. The van der Waals surface area contributed by atoms with E-state index in [4.69, 9.17) is 9.15 Å². The molecule has 0 unspecified atom stereocenters. The average Bonchev–Trinajstić information content (AvgIpc) is 3.03. The Morgan fingerprint density at radius 2 is 1.92 bits per heavy atom. The summed E-state index contributed by atoms with van der Waals surface area (Å²) in [7, 11) is 0. The zero-order valence-corrected chi connectivity index (χ0v) is 14.5. The Morgan fingerprint density at radius 3 is 2.62 bits per heavy atom. The molecule has 1 aliphatic rings. The van der Waals surface area contributed by atoms with Crippen molar-refractivity contribution >= 4 is 18.3 Å². The summed E-state index contributed by atoms with van der Waals surface area (Å²) in [5.74, 6) is 1.06. The van der Waals surface area contributed by atoms with E-state index in [1.165, 1.54) is 0 Å². The van der Waals surface area contributed by atoms with Crippen LogP contribution in [0.25, 0.3) is 0 Å². The number of para-hydroxylation sites is 1. The maximum atomic E-state index is 12.2. The van der Waals surface area contributed by atoms with Gasteiger partial charge < -0.3 is 19.8 Å². The molecule has 1 aromatic carbocycles. The maximum absolute atomic E-state index is 12.2. The smallest absolute Gasteiger partial charge is 0.290 e. The number of ether oxygens (including phenoxy) is 1. The van der Waals surface area contributed by atoms with E-state index in [1.807, 2.05) is 30.3 Å². The van der Waals surface area contributed by atoms with Gasteiger partial charge in [0.05, 0.1) is 0 Å². The van der Waals surface area contributed by atoms with Gasteiger partial charge in [-0.15, -0.1) is 12.4 Å². The van der Waals surface area contributed by atoms with E-state index >= 15 is 0 Å². The van der Waals surface area contributed by atoms with Crippen molar-refractivity contribution in [1.82, 2.24) is 10.6 Å². The minimum atomic E-state index is -0.201. The highest BCUT2D eigenvalue weighted by atomic mass is 35.5. The van der Waals surface area contributed by atoms with Gasteiger partial charge in [-0.05, 0) is 49.5 Å². The van der Waals surface area contributed by atoms with Gasteiger partial charge in [-0.25, -0.2) is 0 Å². The molecule has 6 heteroatoms. The van der Waals surface area contributed by atoms with Crippen LogP contribution in [0.4, 0.5) is 0 Å². The van der Waals surface area contributed by atoms with Crippen LogP contribution in [-0.4, -0.2) is 25.5 Å². The van der Waals surface area contributed by atoms with Gasteiger partial charge in [-0.3, -0.25) is 4.79 Å². The van der Waals surface area contributed by atoms with Crippen LogP contribution in [0.15, 0.2) is 46.9 Å². The quantitative estimate of drug-likeness (QED) is 0.864. The molecule has 130 valence electrons. The Balaban J connectivity index is 0.00000208. The minimum absolute atomic E-state index is 0. The molecule has 1 amide bonds. The van der Waals surface area contributed by atoms with Crippen LogP contribution in [0.2, 0.25) is 0 Å². The highest BCUT2D eigenvalue weighted by Crippen LogP contribution is 2.27. The number of piperidine rings is 1. The molecular formula is C18H23ClN2O3. The lowest BCUT2D eigenvalue weighted by atomic mass is 9.81. The average molecular weight is 351 g/mol. The maximum Gasteiger partial charge on any atom is 0.290 e. The summed E-state index contributed by atoms with van der Waals surface area (Å²) in [4.78, 5) is 12.2. The van der Waals surface area contributed by atoms with Crippen LogP contribution in [0.3, 0.4) is 0 Å². The van der Waals surface area contributed by atoms with Crippen molar-refractivity contribution in [3.63, 3.8) is 0 Å². The van der Waals surface area contributed by atoms with Crippen molar-refractivity contribution in [3.8, 4) is 11.7 Å². The number of amides is 1. The largest absolute Gasteiger partial charge is 0.426 e. The van der Waals surface area contributed by atoms with Gasteiger partial charge in [-0.2, -0.15) is 0 Å². The molecule has 0 atom stereocenters. The summed E-state index contributed by atoms with van der Waals surface area (Å²) in [5, 5.41) is 6.31. The van der Waals surface area contributed by atoms with Crippen LogP contribution in [0, 0.1) is 5.41 Å². The zero-order chi connectivity index (χ0) is 16.1. The number of rotatable bonds is 5. The van der Waals surface area contributed by atoms with Gasteiger partial charge in [0.25, 0.3) is 11.9 Å². The molecule has 0 spiro atoms. The van der Waals surface area contributed by atoms with E-state index in [0.29, 0.717) is 18.2 Å². The molecule has 24 heavy (non-hydrogen) atoms. The molecule has 2 aromatic rings. The number of hydrogen-bond donors (Lipinski definition) is 2. The van der Waals surface area contributed by atoms with Gasteiger partial charge in [0.2, 0.25) is 0 Å². The molecule has 0 radical (unpaired) electrons. The predicted octanol–water partition coefficient (Wildman–Crippen LogP) is 3.61. The summed E-state index contributed by atoms with van der Waals surface area (Å²) in [6.07, 6.45) is 2.13. The first-order chi connectivity index (χ1) is 11.1. The predicted molar refractivity (Wildman–Crippen MR) is 95.0 cm³/mol. The van der Waals surface area contributed by atoms with Gasteiger partial charge in [0, 0.05) is 12.6 Å². The summed E-state index contributed by atoms with van der Waals surface area (Å²) in [5.41, 5.74) is 0.150. The number of furan rings is 1. The molecule has 1 aromatic heterocycles. The summed E-state index contributed by atoms with van der Waals surface area (Å²) in [6, 6.07) is 12.6. The highest BCUT2D eigenvalue weighted by molar-refractivity contribution is 5.91. The Kier molecular flexibility index (Phi) is 6.29. The summed E-state index contributed by atoms with van der Waals surface area (Å²) in [6.45, 7) is 4.87. The normalized spacial score (nSPS) is 16.0. The molecule has 0 saturated carbocycles. The molecule has 5 nitrogen and oxygen atoms in total. The first-order valence-electron chi connectivity index (χ1n) is 7.96. The van der Waals surface area contributed by atoms with Crippen molar-refractivity contribution in [2.24, 2.45) is 5.41 Å². The van der Waals surface area contributed by atoms with E-state index in [-0.39, 0.29) is 29.5 Å². The van der Waals surface area contributed by atoms with Crippen molar-refractivity contribution < 1.29 is 13.9 Å². The standard InChI is InChI=1S/C18H22N2O3.ClH/c1-18(9-11-19-12-10-18)13-20-17(21)15-7-8-16(23-15)22-14-5-3-2-4-6-14;/h2-8,19H,9-13H2,1H3,(H,20,21);1H. The monoisotopic (exact) mass is 350 g/mol. The Labute approximate surface area is 148 Å². The number of benzene rings is 1.